The third-order valence-electron chi connectivity index (χ3n) is 5.95. The van der Waals surface area contributed by atoms with Crippen molar-refractivity contribution >= 4 is 22.8 Å². The largest absolute Gasteiger partial charge is 0.301 e. The van der Waals surface area contributed by atoms with E-state index in [4.69, 9.17) is 0 Å². The van der Waals surface area contributed by atoms with Crippen LogP contribution in [0.15, 0.2) is 34.4 Å². The molecular formula is C22H32N4O4. The summed E-state index contributed by atoms with van der Waals surface area (Å²) in [5.41, 5.74) is 6.19. The lowest BCUT2D eigenvalue weighted by Gasteiger charge is -2.34. The number of nitro groups is 2. The number of allylic oxidation sites excluding steroid dienone is 2. The first-order chi connectivity index (χ1) is 14.3. The molecule has 1 aromatic rings. The number of non-ortho nitro benzene ring substituents is 1. The molecule has 1 aliphatic rings. The number of nitrogens with zero attached hydrogens (tertiary/aromatic N) is 3. The summed E-state index contributed by atoms with van der Waals surface area (Å²) in [7, 11) is 0. The SMILES string of the molecule is CCCCC1=C(C)C/C(=N\Nc2ccc([N+](=O)[O-])cc2[N+](=O)[O-])[C@@H](C)[C@@H]1CCCC. The standard InChI is InChI=1S/C22H32N4O4/c1-5-7-9-18-15(3)13-21(16(4)19(18)10-8-6-2)24-23-20-12-11-17(25(27)28)14-22(20)26(29)30/h11-12,14,16,19,23H,5-10,13H2,1-4H3/b24-21+/t16-,19-/m0/s1. The first-order valence-electron chi connectivity index (χ1n) is 10.7. The topological polar surface area (TPSA) is 111 Å². The number of nitrogens with one attached hydrogen (secondary N) is 1. The van der Waals surface area contributed by atoms with Crippen molar-refractivity contribution in [3.63, 3.8) is 0 Å². The van der Waals surface area contributed by atoms with E-state index < -0.39 is 9.85 Å². The average Bonchev–Trinajstić information content (AvgIpc) is 2.71. The van der Waals surface area contributed by atoms with Crippen molar-refractivity contribution in [2.75, 3.05) is 5.43 Å². The molecule has 8 nitrogen and oxygen atoms in total. The predicted octanol–water partition coefficient (Wildman–Crippen LogP) is 6.62. The number of benzene rings is 1. The van der Waals surface area contributed by atoms with Gasteiger partial charge in [0.25, 0.3) is 5.69 Å². The summed E-state index contributed by atoms with van der Waals surface area (Å²) in [6.45, 7) is 8.75. The van der Waals surface area contributed by atoms with Gasteiger partial charge in [-0.3, -0.25) is 25.7 Å². The van der Waals surface area contributed by atoms with Gasteiger partial charge in [0, 0.05) is 24.1 Å². The minimum Gasteiger partial charge on any atom is -0.272 e. The molecule has 164 valence electrons. The monoisotopic (exact) mass is 416 g/mol. The van der Waals surface area contributed by atoms with E-state index in [9.17, 15) is 20.2 Å². The first kappa shape index (κ1) is 23.5. The quantitative estimate of drug-likeness (QED) is 0.261. The van der Waals surface area contributed by atoms with E-state index in [1.807, 2.05) is 0 Å². The molecule has 0 saturated heterocycles. The highest BCUT2D eigenvalue weighted by atomic mass is 16.6. The molecule has 0 saturated carbocycles. The minimum absolute atomic E-state index is 0.161. The van der Waals surface area contributed by atoms with Crippen LogP contribution >= 0.6 is 0 Å². The van der Waals surface area contributed by atoms with Gasteiger partial charge in [-0.15, -0.1) is 0 Å². The lowest BCUT2D eigenvalue weighted by atomic mass is 9.71. The van der Waals surface area contributed by atoms with Crippen LogP contribution in [0.1, 0.15) is 72.6 Å². The summed E-state index contributed by atoms with van der Waals surface area (Å²) in [6.07, 6.45) is 7.63. The number of hydrogen-bond acceptors (Lipinski definition) is 6. The molecule has 0 spiro atoms. The molecule has 0 unspecified atom stereocenters. The molecule has 0 fully saturated rings. The lowest BCUT2D eigenvalue weighted by Crippen LogP contribution is -2.29. The number of anilines is 1. The molecule has 8 heteroatoms. The van der Waals surface area contributed by atoms with Crippen LogP contribution in [0.3, 0.4) is 0 Å². The van der Waals surface area contributed by atoms with Gasteiger partial charge < -0.3 is 0 Å². The molecule has 0 bridgehead atoms. The van der Waals surface area contributed by atoms with Gasteiger partial charge in [-0.1, -0.05) is 51.2 Å². The van der Waals surface area contributed by atoms with E-state index in [1.165, 1.54) is 24.1 Å². The Morgan fingerprint density at radius 2 is 1.83 bits per heavy atom. The Kier molecular flexibility index (Phi) is 8.50. The average molecular weight is 417 g/mol. The molecule has 1 aromatic carbocycles. The van der Waals surface area contributed by atoms with Gasteiger partial charge >= 0.3 is 5.69 Å². The van der Waals surface area contributed by atoms with Gasteiger partial charge in [0.15, 0.2) is 0 Å². The Morgan fingerprint density at radius 3 is 2.43 bits per heavy atom. The Balaban J connectivity index is 2.32. The molecule has 1 N–H and O–H groups in total. The Morgan fingerprint density at radius 1 is 1.13 bits per heavy atom. The fourth-order valence-electron chi connectivity index (χ4n) is 4.16. The van der Waals surface area contributed by atoms with Gasteiger partial charge in [-0.2, -0.15) is 5.10 Å². The van der Waals surface area contributed by atoms with Gasteiger partial charge in [-0.25, -0.2) is 0 Å². The maximum Gasteiger partial charge on any atom is 0.301 e. The second-order valence-electron chi connectivity index (χ2n) is 8.05. The van der Waals surface area contributed by atoms with E-state index in [-0.39, 0.29) is 23.0 Å². The highest BCUT2D eigenvalue weighted by Gasteiger charge is 2.31. The van der Waals surface area contributed by atoms with E-state index in [0.29, 0.717) is 5.92 Å². The second-order valence-corrected chi connectivity index (χ2v) is 8.05. The fraction of sp³-hybridized carbons (Fsp3) is 0.591. The summed E-state index contributed by atoms with van der Waals surface area (Å²) in [5, 5.41) is 26.8. The van der Waals surface area contributed by atoms with Gasteiger partial charge in [-0.05, 0) is 38.2 Å². The second kappa shape index (κ2) is 10.8. The molecule has 2 atom stereocenters. The van der Waals surface area contributed by atoms with Crippen LogP contribution in [0.4, 0.5) is 17.1 Å². The molecular weight excluding hydrogens is 384 g/mol. The molecule has 0 heterocycles. The van der Waals surface area contributed by atoms with Crippen molar-refractivity contribution in [2.45, 2.75) is 72.6 Å². The van der Waals surface area contributed by atoms with E-state index in [0.717, 1.165) is 50.3 Å². The maximum absolute atomic E-state index is 11.4. The first-order valence-corrected chi connectivity index (χ1v) is 10.7. The van der Waals surface area contributed by atoms with Crippen LogP contribution in [0.2, 0.25) is 0 Å². The van der Waals surface area contributed by atoms with Crippen LogP contribution in [0, 0.1) is 32.1 Å². The number of rotatable bonds is 10. The minimum atomic E-state index is -0.643. The van der Waals surface area contributed by atoms with Crippen LogP contribution in [0.5, 0.6) is 0 Å². The van der Waals surface area contributed by atoms with Crippen LogP contribution in [0.25, 0.3) is 0 Å². The van der Waals surface area contributed by atoms with Crippen molar-refractivity contribution < 1.29 is 9.85 Å². The number of hydrazone groups is 1. The van der Waals surface area contributed by atoms with Crippen LogP contribution in [-0.4, -0.2) is 15.6 Å². The maximum atomic E-state index is 11.4. The smallest absolute Gasteiger partial charge is 0.272 e. The molecule has 0 aromatic heterocycles. The van der Waals surface area contributed by atoms with E-state index in [2.05, 4.69) is 38.2 Å². The summed E-state index contributed by atoms with van der Waals surface area (Å²) in [4.78, 5) is 21.0. The van der Waals surface area contributed by atoms with Crippen molar-refractivity contribution in [2.24, 2.45) is 16.9 Å². The van der Waals surface area contributed by atoms with E-state index >= 15 is 0 Å². The zero-order chi connectivity index (χ0) is 22.3. The molecule has 0 aliphatic heterocycles. The molecule has 0 radical (unpaired) electrons. The third kappa shape index (κ3) is 5.64. The summed E-state index contributed by atoms with van der Waals surface area (Å²) in [6, 6.07) is 3.56. The van der Waals surface area contributed by atoms with Crippen molar-refractivity contribution in [1.82, 2.24) is 0 Å². The highest BCUT2D eigenvalue weighted by Crippen LogP contribution is 2.39. The Labute approximate surface area is 177 Å². The van der Waals surface area contributed by atoms with Crippen molar-refractivity contribution in [3.8, 4) is 0 Å². The summed E-state index contributed by atoms with van der Waals surface area (Å²) in [5.74, 6) is 0.689. The lowest BCUT2D eigenvalue weighted by molar-refractivity contribution is -0.393. The number of hydrogen-bond donors (Lipinski definition) is 1. The molecule has 30 heavy (non-hydrogen) atoms. The number of unbranched alkanes of at least 4 members (excludes halogenated alkanes) is 2. The molecule has 2 rings (SSSR count). The Hall–Kier alpha value is -2.77. The number of nitro benzene ring substituents is 2. The fourth-order valence-corrected chi connectivity index (χ4v) is 4.16. The van der Waals surface area contributed by atoms with Gasteiger partial charge in [0.05, 0.1) is 15.9 Å². The highest BCUT2D eigenvalue weighted by molar-refractivity contribution is 5.91. The zero-order valence-electron chi connectivity index (χ0n) is 18.3. The van der Waals surface area contributed by atoms with Crippen LogP contribution < -0.4 is 5.43 Å². The zero-order valence-corrected chi connectivity index (χ0v) is 18.3. The molecule has 1 aliphatic carbocycles. The molecule has 0 amide bonds. The van der Waals surface area contributed by atoms with Crippen molar-refractivity contribution in [1.29, 1.82) is 0 Å². The third-order valence-corrected chi connectivity index (χ3v) is 5.95. The van der Waals surface area contributed by atoms with Gasteiger partial charge in [0.1, 0.15) is 5.69 Å². The van der Waals surface area contributed by atoms with Gasteiger partial charge in [0.2, 0.25) is 0 Å². The summed E-state index contributed by atoms with van der Waals surface area (Å²) < 4.78 is 0. The normalized spacial score (nSPS) is 20.5. The Bertz CT molecular complexity index is 848. The predicted molar refractivity (Wildman–Crippen MR) is 120 cm³/mol. The van der Waals surface area contributed by atoms with E-state index in [1.54, 1.807) is 5.57 Å². The summed E-state index contributed by atoms with van der Waals surface area (Å²) >= 11 is 0. The van der Waals surface area contributed by atoms with Crippen LogP contribution in [-0.2, 0) is 0 Å². The van der Waals surface area contributed by atoms with Crippen molar-refractivity contribution in [3.05, 3.63) is 49.6 Å².